The average molecular weight is 516 g/mol. The molecule has 3 heterocycles. The Morgan fingerprint density at radius 2 is 1.76 bits per heavy atom. The van der Waals surface area contributed by atoms with Crippen LogP contribution >= 0.6 is 0 Å². The lowest BCUT2D eigenvalue weighted by Gasteiger charge is -2.18. The second kappa shape index (κ2) is 10.1. The number of anilines is 1. The predicted molar refractivity (Wildman–Crippen MR) is 132 cm³/mol. The molecule has 1 aliphatic heterocycles. The second-order valence-electron chi connectivity index (χ2n) is 8.53. The molecule has 192 valence electrons. The first-order chi connectivity index (χ1) is 18.3. The lowest BCUT2D eigenvalue weighted by Crippen LogP contribution is -2.28. The van der Waals surface area contributed by atoms with Gasteiger partial charge in [-0.2, -0.15) is 5.10 Å². The van der Waals surface area contributed by atoms with Crippen LogP contribution in [-0.2, 0) is 17.9 Å². The molecule has 0 aliphatic carbocycles. The molecule has 2 aromatic carbocycles. The minimum atomic E-state index is -0.635. The Hall–Kier alpha value is -5.13. The van der Waals surface area contributed by atoms with E-state index in [-0.39, 0.29) is 48.2 Å². The van der Waals surface area contributed by atoms with Crippen LogP contribution in [0.5, 0.6) is 5.75 Å². The van der Waals surface area contributed by atoms with E-state index in [4.69, 9.17) is 4.74 Å². The smallest absolute Gasteiger partial charge is 0.270 e. The highest BCUT2D eigenvalue weighted by Gasteiger charge is 2.19. The van der Waals surface area contributed by atoms with Gasteiger partial charge in [-0.3, -0.25) is 19.2 Å². The molecular formula is C26H21FN6O5. The quantitative estimate of drug-likeness (QED) is 0.320. The number of hydrogen-bond donors (Lipinski definition) is 3. The van der Waals surface area contributed by atoms with Crippen LogP contribution in [0, 0.1) is 5.82 Å². The van der Waals surface area contributed by atoms with E-state index in [1.807, 2.05) is 0 Å². The zero-order valence-corrected chi connectivity index (χ0v) is 20.1. The lowest BCUT2D eigenvalue weighted by atomic mass is 10.1. The average Bonchev–Trinajstić information content (AvgIpc) is 3.39. The summed E-state index contributed by atoms with van der Waals surface area (Å²) < 4.78 is 20.5. The number of rotatable bonds is 7. The van der Waals surface area contributed by atoms with E-state index in [2.05, 4.69) is 26.0 Å². The number of aromatic nitrogens is 3. The van der Waals surface area contributed by atoms with E-state index in [1.165, 1.54) is 41.9 Å². The van der Waals surface area contributed by atoms with Gasteiger partial charge in [-0.15, -0.1) is 0 Å². The number of nitrogens with zero attached hydrogens (tertiary/aromatic N) is 3. The number of carbonyl (C=O) groups is 4. The molecule has 1 aliphatic rings. The van der Waals surface area contributed by atoms with E-state index in [9.17, 15) is 23.6 Å². The summed E-state index contributed by atoms with van der Waals surface area (Å²) in [7, 11) is 0. The summed E-state index contributed by atoms with van der Waals surface area (Å²) in [5.41, 5.74) is 2.05. The summed E-state index contributed by atoms with van der Waals surface area (Å²) in [4.78, 5) is 53.4. The Morgan fingerprint density at radius 3 is 2.55 bits per heavy atom. The highest BCUT2D eigenvalue weighted by Crippen LogP contribution is 2.28. The van der Waals surface area contributed by atoms with Gasteiger partial charge in [0.25, 0.3) is 17.7 Å². The number of nitrogens with one attached hydrogen (secondary N) is 3. The van der Waals surface area contributed by atoms with Crippen LogP contribution in [0.1, 0.15) is 49.4 Å². The topological polar surface area (TPSA) is 144 Å². The van der Waals surface area contributed by atoms with Crippen LogP contribution in [-0.4, -0.2) is 44.7 Å². The van der Waals surface area contributed by atoms with Crippen molar-refractivity contribution >= 4 is 34.8 Å². The normalized spacial score (nSPS) is 12.3. The van der Waals surface area contributed by atoms with Crippen molar-refractivity contribution in [3.63, 3.8) is 0 Å². The third kappa shape index (κ3) is 5.05. The molecule has 2 aromatic heterocycles. The van der Waals surface area contributed by atoms with Gasteiger partial charge in [0.2, 0.25) is 0 Å². The molecule has 0 spiro atoms. The number of carbonyl (C=O) groups excluding carboxylic acids is 4. The summed E-state index contributed by atoms with van der Waals surface area (Å²) in [6.07, 6.45) is 1.45. The Balaban J connectivity index is 1.31. The molecule has 0 fully saturated rings. The minimum Gasteiger partial charge on any atom is -0.482 e. The second-order valence-corrected chi connectivity index (χ2v) is 8.53. The van der Waals surface area contributed by atoms with Crippen molar-refractivity contribution in [3.05, 3.63) is 88.6 Å². The molecule has 0 saturated heterocycles. The van der Waals surface area contributed by atoms with Gasteiger partial charge in [0.15, 0.2) is 18.0 Å². The Bertz CT molecular complexity index is 1620. The zero-order chi connectivity index (χ0) is 26.8. The van der Waals surface area contributed by atoms with Gasteiger partial charge >= 0.3 is 0 Å². The monoisotopic (exact) mass is 516 g/mol. The van der Waals surface area contributed by atoms with Crippen LogP contribution in [0.4, 0.5) is 10.1 Å². The van der Waals surface area contributed by atoms with Gasteiger partial charge < -0.3 is 20.7 Å². The standard InChI is InChI=1S/C26H21FN6O5/c1-14(34)17-8-15(2-4-18(17)27)11-29-26(37)21-10-20(31-23-6-7-30-33(21)23)25(36)28-12-16-3-5-22-19(9-16)32-24(35)13-38-22/h2-10H,11-13H2,1H3,(H,28,36)(H,29,37)(H,32,35). The van der Waals surface area contributed by atoms with Gasteiger partial charge in [0, 0.05) is 25.2 Å². The Kier molecular flexibility index (Phi) is 6.52. The molecule has 0 unspecified atom stereocenters. The fourth-order valence-corrected chi connectivity index (χ4v) is 3.93. The maximum Gasteiger partial charge on any atom is 0.270 e. The van der Waals surface area contributed by atoms with E-state index in [1.54, 1.807) is 24.3 Å². The van der Waals surface area contributed by atoms with Crippen LogP contribution in [0.25, 0.3) is 5.65 Å². The molecule has 0 bridgehead atoms. The number of Topliss-reactive ketones (excluding diaryl/α,β-unsaturated/α-hetero) is 1. The zero-order valence-electron chi connectivity index (χ0n) is 20.1. The molecule has 0 saturated carbocycles. The van der Waals surface area contributed by atoms with E-state index in [0.29, 0.717) is 17.0 Å². The van der Waals surface area contributed by atoms with Crippen molar-refractivity contribution in [2.45, 2.75) is 20.0 Å². The fraction of sp³-hybridized carbons (Fsp3) is 0.154. The molecule has 12 heteroatoms. The molecule has 3 N–H and O–H groups in total. The summed E-state index contributed by atoms with van der Waals surface area (Å²) in [6, 6.07) is 12.1. The molecule has 3 amide bonds. The lowest BCUT2D eigenvalue weighted by molar-refractivity contribution is -0.118. The van der Waals surface area contributed by atoms with Crippen molar-refractivity contribution in [2.24, 2.45) is 0 Å². The molecule has 4 aromatic rings. The summed E-state index contributed by atoms with van der Waals surface area (Å²) in [5.74, 6) is -1.85. The van der Waals surface area contributed by atoms with Crippen molar-refractivity contribution in [1.29, 1.82) is 0 Å². The van der Waals surface area contributed by atoms with E-state index in [0.717, 1.165) is 5.56 Å². The van der Waals surface area contributed by atoms with Crippen LogP contribution in [0.15, 0.2) is 54.7 Å². The molecular weight excluding hydrogens is 495 g/mol. The van der Waals surface area contributed by atoms with E-state index < -0.39 is 23.4 Å². The van der Waals surface area contributed by atoms with Crippen LogP contribution in [0.2, 0.25) is 0 Å². The number of halogens is 1. The van der Waals surface area contributed by atoms with Crippen molar-refractivity contribution < 1.29 is 28.3 Å². The molecule has 11 nitrogen and oxygen atoms in total. The molecule has 5 rings (SSSR count). The number of fused-ring (bicyclic) bond motifs is 2. The first-order valence-electron chi connectivity index (χ1n) is 11.5. The van der Waals surface area contributed by atoms with E-state index >= 15 is 0 Å². The third-order valence-corrected chi connectivity index (χ3v) is 5.82. The van der Waals surface area contributed by atoms with Crippen molar-refractivity contribution in [3.8, 4) is 5.75 Å². The number of amides is 3. The number of ketones is 1. The van der Waals surface area contributed by atoms with Crippen LogP contribution < -0.4 is 20.7 Å². The van der Waals surface area contributed by atoms with Crippen LogP contribution in [0.3, 0.4) is 0 Å². The largest absolute Gasteiger partial charge is 0.482 e. The highest BCUT2D eigenvalue weighted by molar-refractivity contribution is 5.98. The van der Waals surface area contributed by atoms with Gasteiger partial charge in [-0.05, 0) is 42.3 Å². The molecule has 38 heavy (non-hydrogen) atoms. The Morgan fingerprint density at radius 1 is 1.03 bits per heavy atom. The fourth-order valence-electron chi connectivity index (χ4n) is 3.93. The molecule has 0 atom stereocenters. The molecule has 0 radical (unpaired) electrons. The number of hydrogen-bond acceptors (Lipinski definition) is 7. The number of benzene rings is 2. The van der Waals surface area contributed by atoms with Gasteiger partial charge in [0.05, 0.1) is 17.4 Å². The highest BCUT2D eigenvalue weighted by atomic mass is 19.1. The van der Waals surface area contributed by atoms with Crippen molar-refractivity contribution in [2.75, 3.05) is 11.9 Å². The van der Waals surface area contributed by atoms with Gasteiger partial charge in [0.1, 0.15) is 23.0 Å². The maximum atomic E-state index is 13.8. The summed E-state index contributed by atoms with van der Waals surface area (Å²) >= 11 is 0. The maximum absolute atomic E-state index is 13.8. The Labute approximate surface area is 215 Å². The van der Waals surface area contributed by atoms with Crippen molar-refractivity contribution in [1.82, 2.24) is 25.2 Å². The minimum absolute atomic E-state index is 0.00149. The SMILES string of the molecule is CC(=O)c1cc(CNC(=O)c2cc(C(=O)NCc3ccc4c(c3)NC(=O)CO4)nc3ccnn23)ccc1F. The predicted octanol–water partition coefficient (Wildman–Crippen LogP) is 2.26. The van der Waals surface area contributed by atoms with Gasteiger partial charge in [-0.25, -0.2) is 13.9 Å². The van der Waals surface area contributed by atoms with Gasteiger partial charge in [-0.1, -0.05) is 12.1 Å². The summed E-state index contributed by atoms with van der Waals surface area (Å²) in [6.45, 7) is 1.37. The first-order valence-corrected chi connectivity index (χ1v) is 11.5. The summed E-state index contributed by atoms with van der Waals surface area (Å²) in [5, 5.41) is 12.3. The number of ether oxygens (including phenoxy) is 1. The third-order valence-electron chi connectivity index (χ3n) is 5.82. The first kappa shape index (κ1) is 24.6.